The third-order valence-corrected chi connectivity index (χ3v) is 5.86. The Balaban J connectivity index is 1.74. The van der Waals surface area contributed by atoms with Gasteiger partial charge in [-0.3, -0.25) is 19.4 Å². The van der Waals surface area contributed by atoms with Crippen LogP contribution in [-0.4, -0.2) is 32.7 Å². The van der Waals surface area contributed by atoms with Crippen LogP contribution >= 0.6 is 23.4 Å². The number of nitrogens with one attached hydrogen (secondary N) is 3. The van der Waals surface area contributed by atoms with Crippen LogP contribution in [0.4, 0.5) is 11.4 Å². The Bertz CT molecular complexity index is 1230. The summed E-state index contributed by atoms with van der Waals surface area (Å²) in [6, 6.07) is 10.6. The molecule has 0 saturated carbocycles. The zero-order chi connectivity index (χ0) is 23.3. The van der Waals surface area contributed by atoms with E-state index in [0.29, 0.717) is 28.4 Å². The van der Waals surface area contributed by atoms with E-state index in [0.717, 1.165) is 22.9 Å². The van der Waals surface area contributed by atoms with Gasteiger partial charge in [0.05, 0.1) is 11.4 Å². The number of benzene rings is 2. The molecule has 8 nitrogen and oxygen atoms in total. The second-order valence-corrected chi connectivity index (χ2v) is 8.38. The summed E-state index contributed by atoms with van der Waals surface area (Å²) >= 11 is 7.13. The van der Waals surface area contributed by atoms with Crippen molar-refractivity contribution in [3.8, 4) is 11.3 Å². The molecule has 0 aliphatic carbocycles. The number of aromatic amines is 1. The lowest BCUT2D eigenvalue weighted by atomic mass is 10.1. The van der Waals surface area contributed by atoms with Gasteiger partial charge in [-0.2, -0.15) is 0 Å². The molecule has 0 saturated heterocycles. The highest BCUT2D eigenvalue weighted by Crippen LogP contribution is 2.26. The molecular formula is C22H22ClN5O3S. The van der Waals surface area contributed by atoms with Crippen molar-refractivity contribution in [1.82, 2.24) is 15.2 Å². The number of hydrogen-bond acceptors (Lipinski definition) is 6. The molecule has 166 valence electrons. The maximum atomic E-state index is 12.7. The predicted molar refractivity (Wildman–Crippen MR) is 127 cm³/mol. The van der Waals surface area contributed by atoms with E-state index in [1.165, 1.54) is 0 Å². The van der Waals surface area contributed by atoms with Crippen molar-refractivity contribution in [1.29, 1.82) is 0 Å². The number of carbonyl (C=O) groups is 2. The minimum Gasteiger partial charge on any atom is -0.325 e. The summed E-state index contributed by atoms with van der Waals surface area (Å²) in [5, 5.41) is 14.4. The zero-order valence-electron chi connectivity index (χ0n) is 17.8. The number of rotatable bonds is 7. The summed E-state index contributed by atoms with van der Waals surface area (Å²) in [6.45, 7) is 5.43. The van der Waals surface area contributed by atoms with Crippen molar-refractivity contribution in [3.63, 3.8) is 0 Å². The Morgan fingerprint density at radius 1 is 1.06 bits per heavy atom. The molecule has 10 heteroatoms. The second-order valence-electron chi connectivity index (χ2n) is 7.01. The van der Waals surface area contributed by atoms with Crippen LogP contribution < -0.4 is 16.2 Å². The average Bonchev–Trinajstić information content (AvgIpc) is 2.77. The van der Waals surface area contributed by atoms with Gasteiger partial charge in [-0.05, 0) is 43.7 Å². The van der Waals surface area contributed by atoms with E-state index in [4.69, 9.17) is 11.6 Å². The molecule has 3 N–H and O–H groups in total. The van der Waals surface area contributed by atoms with Gasteiger partial charge in [0.25, 0.3) is 5.56 Å². The number of halogens is 1. The number of aromatic nitrogens is 3. The van der Waals surface area contributed by atoms with Crippen molar-refractivity contribution in [3.05, 3.63) is 62.9 Å². The maximum absolute atomic E-state index is 12.7. The van der Waals surface area contributed by atoms with Crippen molar-refractivity contribution >= 4 is 46.6 Å². The molecular weight excluding hydrogens is 450 g/mol. The summed E-state index contributed by atoms with van der Waals surface area (Å²) < 4.78 is 0. The van der Waals surface area contributed by atoms with Gasteiger partial charge >= 0.3 is 0 Å². The molecule has 0 spiro atoms. The number of thioether (sulfide) groups is 1. The molecule has 0 unspecified atom stereocenters. The summed E-state index contributed by atoms with van der Waals surface area (Å²) in [7, 11) is 0. The fraction of sp³-hybridized carbons (Fsp3) is 0.227. The molecule has 0 radical (unpaired) electrons. The lowest BCUT2D eigenvalue weighted by molar-refractivity contribution is -0.116. The lowest BCUT2D eigenvalue weighted by Gasteiger charge is -2.11. The maximum Gasteiger partial charge on any atom is 0.278 e. The van der Waals surface area contributed by atoms with Gasteiger partial charge < -0.3 is 10.6 Å². The zero-order valence-corrected chi connectivity index (χ0v) is 19.4. The highest BCUT2D eigenvalue weighted by Gasteiger charge is 2.15. The summed E-state index contributed by atoms with van der Waals surface area (Å²) in [5.74, 6) is -0.416. The summed E-state index contributed by atoms with van der Waals surface area (Å²) in [6.07, 6.45) is 0.307. The van der Waals surface area contributed by atoms with Crippen molar-refractivity contribution < 1.29 is 9.59 Å². The van der Waals surface area contributed by atoms with Gasteiger partial charge in [0.2, 0.25) is 11.8 Å². The van der Waals surface area contributed by atoms with Crippen molar-refractivity contribution in [2.24, 2.45) is 0 Å². The normalized spacial score (nSPS) is 10.6. The Kier molecular flexibility index (Phi) is 7.66. The summed E-state index contributed by atoms with van der Waals surface area (Å²) in [4.78, 5) is 39.4. The van der Waals surface area contributed by atoms with Gasteiger partial charge in [-0.15, -0.1) is 10.2 Å². The Morgan fingerprint density at radius 2 is 1.81 bits per heavy atom. The highest BCUT2D eigenvalue weighted by molar-refractivity contribution is 7.99. The van der Waals surface area contributed by atoms with Gasteiger partial charge in [-0.1, -0.05) is 48.0 Å². The van der Waals surface area contributed by atoms with Gasteiger partial charge in [-0.25, -0.2) is 0 Å². The quantitative estimate of drug-likeness (QED) is 0.445. The minimum atomic E-state index is -0.466. The highest BCUT2D eigenvalue weighted by atomic mass is 35.5. The molecule has 3 aromatic rings. The van der Waals surface area contributed by atoms with Crippen LogP contribution in [0.15, 0.2) is 46.3 Å². The number of carbonyl (C=O) groups excluding carboxylic acids is 2. The van der Waals surface area contributed by atoms with Crippen molar-refractivity contribution in [2.75, 3.05) is 16.4 Å². The molecule has 3 rings (SSSR count). The van der Waals surface area contributed by atoms with E-state index >= 15 is 0 Å². The number of hydrogen-bond donors (Lipinski definition) is 3. The predicted octanol–water partition coefficient (Wildman–Crippen LogP) is 4.18. The SMILES string of the molecule is CCC(=O)Nc1ccc(C)cc1-c1nnc(SCC(=O)Nc2cccc(Cl)c2C)[nH]c1=O. The van der Waals surface area contributed by atoms with Crippen LogP contribution in [0.3, 0.4) is 0 Å². The van der Waals surface area contributed by atoms with Crippen LogP contribution in [0.5, 0.6) is 0 Å². The largest absolute Gasteiger partial charge is 0.325 e. The molecule has 0 aliphatic heterocycles. The number of aryl methyl sites for hydroxylation is 1. The molecule has 1 heterocycles. The monoisotopic (exact) mass is 471 g/mol. The van der Waals surface area contributed by atoms with E-state index < -0.39 is 5.56 Å². The Labute approximate surface area is 194 Å². The molecule has 1 aromatic heterocycles. The average molecular weight is 472 g/mol. The molecule has 0 aliphatic rings. The Hall–Kier alpha value is -3.17. The first-order valence-electron chi connectivity index (χ1n) is 9.84. The van der Waals surface area contributed by atoms with E-state index in [-0.39, 0.29) is 28.4 Å². The van der Waals surface area contributed by atoms with E-state index in [1.54, 1.807) is 37.3 Å². The molecule has 0 fully saturated rings. The number of H-pyrrole nitrogens is 1. The van der Waals surface area contributed by atoms with Crippen molar-refractivity contribution in [2.45, 2.75) is 32.3 Å². The topological polar surface area (TPSA) is 117 Å². The minimum absolute atomic E-state index is 0.0260. The van der Waals surface area contributed by atoms with Crippen LogP contribution in [0.25, 0.3) is 11.3 Å². The van der Waals surface area contributed by atoms with Crippen LogP contribution in [0.2, 0.25) is 5.02 Å². The first-order valence-corrected chi connectivity index (χ1v) is 11.2. The molecule has 2 amide bonds. The van der Waals surface area contributed by atoms with Gasteiger partial charge in [0, 0.05) is 22.7 Å². The van der Waals surface area contributed by atoms with E-state index in [9.17, 15) is 14.4 Å². The molecule has 0 bridgehead atoms. The van der Waals surface area contributed by atoms with Crippen LogP contribution in [0.1, 0.15) is 24.5 Å². The number of nitrogens with zero attached hydrogens (tertiary/aromatic N) is 2. The molecule has 0 atom stereocenters. The third-order valence-electron chi connectivity index (χ3n) is 4.58. The first-order chi connectivity index (χ1) is 15.3. The number of amides is 2. The first kappa shape index (κ1) is 23.5. The van der Waals surface area contributed by atoms with Crippen LogP contribution in [0, 0.1) is 13.8 Å². The van der Waals surface area contributed by atoms with Gasteiger partial charge in [0.15, 0.2) is 10.9 Å². The van der Waals surface area contributed by atoms with Crippen LogP contribution in [-0.2, 0) is 9.59 Å². The number of anilines is 2. The fourth-order valence-corrected chi connectivity index (χ4v) is 3.61. The second kappa shape index (κ2) is 10.4. The third kappa shape index (κ3) is 5.74. The van der Waals surface area contributed by atoms with E-state index in [1.807, 2.05) is 19.9 Å². The molecule has 32 heavy (non-hydrogen) atoms. The van der Waals surface area contributed by atoms with Gasteiger partial charge in [0.1, 0.15) is 0 Å². The standard InChI is InChI=1S/C22H22ClN5O3S/c1-4-18(29)25-17-9-8-12(2)10-14(17)20-21(31)26-22(28-27-20)32-11-19(30)24-16-7-5-6-15(23)13(16)3/h5-10H,4,11H2,1-3H3,(H,24,30)(H,25,29)(H,26,28,31). The lowest BCUT2D eigenvalue weighted by Crippen LogP contribution is -2.18. The fourth-order valence-electron chi connectivity index (χ4n) is 2.83. The smallest absolute Gasteiger partial charge is 0.278 e. The Morgan fingerprint density at radius 3 is 2.53 bits per heavy atom. The van der Waals surface area contributed by atoms with E-state index in [2.05, 4.69) is 25.8 Å². The molecule has 2 aromatic carbocycles. The summed E-state index contributed by atoms with van der Waals surface area (Å²) in [5.41, 5.74) is 2.88.